The van der Waals surface area contributed by atoms with E-state index in [1.165, 1.54) is 28.8 Å². The highest BCUT2D eigenvalue weighted by atomic mass is 35.5. The van der Waals surface area contributed by atoms with Gasteiger partial charge in [0.05, 0.1) is 11.3 Å². The number of fused-ring (bicyclic) bond motifs is 3. The third-order valence-corrected chi connectivity index (χ3v) is 5.50. The lowest BCUT2D eigenvalue weighted by Gasteiger charge is -2.31. The van der Waals surface area contributed by atoms with Gasteiger partial charge in [0.15, 0.2) is 17.3 Å². The number of thioether (sulfide) groups is 1. The molecule has 0 saturated heterocycles. The van der Waals surface area contributed by atoms with Crippen LogP contribution in [-0.4, -0.2) is 27.3 Å². The van der Waals surface area contributed by atoms with Crippen molar-refractivity contribution >= 4 is 35.0 Å². The lowest BCUT2D eigenvalue weighted by Crippen LogP contribution is -2.38. The van der Waals surface area contributed by atoms with Gasteiger partial charge in [-0.05, 0) is 36.9 Å². The van der Waals surface area contributed by atoms with Crippen LogP contribution in [0.15, 0.2) is 41.6 Å². The summed E-state index contributed by atoms with van der Waals surface area (Å²) in [6, 6.07) is 8.58. The van der Waals surface area contributed by atoms with Gasteiger partial charge >= 0.3 is 0 Å². The SMILES string of the molecule is CCCC(=O)N1c2ccc(Cl)cc2-c2nnc(SC)nc2OC1c1cccc(F)c1F. The number of aromatic nitrogens is 3. The van der Waals surface area contributed by atoms with E-state index in [0.29, 0.717) is 27.9 Å². The second-order valence-corrected chi connectivity index (χ2v) is 7.95. The topological polar surface area (TPSA) is 68.2 Å². The minimum atomic E-state index is -1.30. The number of hydrogen-bond acceptors (Lipinski definition) is 6. The quantitative estimate of drug-likeness (QED) is 0.482. The van der Waals surface area contributed by atoms with Crippen LogP contribution >= 0.6 is 23.4 Å². The third kappa shape index (κ3) is 3.95. The summed E-state index contributed by atoms with van der Waals surface area (Å²) < 4.78 is 35.0. The van der Waals surface area contributed by atoms with Crippen molar-refractivity contribution in [2.45, 2.75) is 31.1 Å². The summed E-state index contributed by atoms with van der Waals surface area (Å²) in [5.74, 6) is -2.43. The van der Waals surface area contributed by atoms with Crippen LogP contribution in [0.3, 0.4) is 0 Å². The van der Waals surface area contributed by atoms with E-state index in [9.17, 15) is 13.6 Å². The van der Waals surface area contributed by atoms with Crippen LogP contribution in [0, 0.1) is 11.6 Å². The van der Waals surface area contributed by atoms with E-state index < -0.39 is 17.9 Å². The first kappa shape index (κ1) is 21.5. The Labute approximate surface area is 186 Å². The fourth-order valence-corrected chi connectivity index (χ4v) is 3.81. The molecule has 2 aromatic carbocycles. The first-order valence-electron chi connectivity index (χ1n) is 9.45. The molecule has 1 unspecified atom stereocenters. The Hall–Kier alpha value is -2.78. The molecule has 0 bridgehead atoms. The molecule has 6 nitrogen and oxygen atoms in total. The molecule has 1 amide bonds. The monoisotopic (exact) mass is 462 g/mol. The standard InChI is InChI=1S/C21H17ClF2N4O2S/c1-3-5-16(29)28-15-9-8-11(22)10-13(15)18-19(25-21(31-2)27-26-18)30-20(28)12-6-4-7-14(23)17(12)24/h4,6-10,20H,3,5H2,1-2H3. The van der Waals surface area contributed by atoms with Crippen molar-refractivity contribution in [3.05, 3.63) is 58.6 Å². The highest BCUT2D eigenvalue weighted by Crippen LogP contribution is 2.45. The maximum Gasteiger partial charge on any atom is 0.247 e. The maximum atomic E-state index is 14.8. The smallest absolute Gasteiger partial charge is 0.247 e. The Morgan fingerprint density at radius 1 is 1.26 bits per heavy atom. The van der Waals surface area contributed by atoms with Gasteiger partial charge in [-0.25, -0.2) is 8.78 Å². The molecule has 1 aromatic heterocycles. The summed E-state index contributed by atoms with van der Waals surface area (Å²) in [5, 5.41) is 9.00. The lowest BCUT2D eigenvalue weighted by atomic mass is 10.1. The highest BCUT2D eigenvalue weighted by Gasteiger charge is 2.37. The van der Waals surface area contributed by atoms with E-state index >= 15 is 0 Å². The summed E-state index contributed by atoms with van der Waals surface area (Å²) in [7, 11) is 0. The second-order valence-electron chi connectivity index (χ2n) is 6.74. The lowest BCUT2D eigenvalue weighted by molar-refractivity contribution is -0.120. The third-order valence-electron chi connectivity index (χ3n) is 4.73. The van der Waals surface area contributed by atoms with Crippen LogP contribution in [0.1, 0.15) is 31.6 Å². The zero-order valence-electron chi connectivity index (χ0n) is 16.6. The number of amides is 1. The van der Waals surface area contributed by atoms with Gasteiger partial charge in [-0.15, -0.1) is 10.2 Å². The van der Waals surface area contributed by atoms with Crippen LogP contribution in [0.5, 0.6) is 5.88 Å². The van der Waals surface area contributed by atoms with Gasteiger partial charge in [-0.1, -0.05) is 42.4 Å². The number of carbonyl (C=O) groups is 1. The molecule has 1 atom stereocenters. The fourth-order valence-electron chi connectivity index (χ4n) is 3.34. The van der Waals surface area contributed by atoms with Crippen LogP contribution in [0.25, 0.3) is 11.3 Å². The number of ether oxygens (including phenoxy) is 1. The predicted octanol–water partition coefficient (Wildman–Crippen LogP) is 5.42. The van der Waals surface area contributed by atoms with Crippen molar-refractivity contribution in [3.8, 4) is 17.1 Å². The van der Waals surface area contributed by atoms with E-state index in [0.717, 1.165) is 6.07 Å². The molecule has 10 heteroatoms. The number of nitrogens with zero attached hydrogens (tertiary/aromatic N) is 4. The molecule has 4 rings (SSSR count). The minimum Gasteiger partial charge on any atom is -0.447 e. The van der Waals surface area contributed by atoms with E-state index in [-0.39, 0.29) is 29.5 Å². The molecule has 2 heterocycles. The largest absolute Gasteiger partial charge is 0.447 e. The predicted molar refractivity (Wildman–Crippen MR) is 114 cm³/mol. The minimum absolute atomic E-state index is 0.0447. The number of anilines is 1. The molecule has 160 valence electrons. The molecule has 1 aliphatic heterocycles. The average molecular weight is 463 g/mol. The van der Waals surface area contributed by atoms with Gasteiger partial charge in [-0.2, -0.15) is 4.98 Å². The molecule has 1 aliphatic rings. The van der Waals surface area contributed by atoms with Gasteiger partial charge in [0.1, 0.15) is 0 Å². The van der Waals surface area contributed by atoms with Crippen molar-refractivity contribution in [3.63, 3.8) is 0 Å². The Morgan fingerprint density at radius 2 is 2.06 bits per heavy atom. The van der Waals surface area contributed by atoms with Crippen LogP contribution < -0.4 is 9.64 Å². The maximum absolute atomic E-state index is 14.8. The van der Waals surface area contributed by atoms with Crippen molar-refractivity contribution < 1.29 is 18.3 Å². The van der Waals surface area contributed by atoms with Crippen molar-refractivity contribution in [1.29, 1.82) is 0 Å². The highest BCUT2D eigenvalue weighted by molar-refractivity contribution is 7.98. The van der Waals surface area contributed by atoms with Crippen LogP contribution in [-0.2, 0) is 4.79 Å². The molecule has 0 saturated carbocycles. The Kier molecular flexibility index (Phi) is 6.06. The zero-order valence-corrected chi connectivity index (χ0v) is 18.2. The normalized spacial score (nSPS) is 15.0. The molecular weight excluding hydrogens is 446 g/mol. The Morgan fingerprint density at radius 3 is 2.81 bits per heavy atom. The summed E-state index contributed by atoms with van der Waals surface area (Å²) in [6.07, 6.45) is 1.19. The number of halogens is 3. The van der Waals surface area contributed by atoms with E-state index in [2.05, 4.69) is 15.2 Å². The van der Waals surface area contributed by atoms with Crippen LogP contribution in [0.2, 0.25) is 5.02 Å². The van der Waals surface area contributed by atoms with E-state index in [1.54, 1.807) is 24.5 Å². The van der Waals surface area contributed by atoms with Crippen LogP contribution in [0.4, 0.5) is 14.5 Å². The summed E-state index contributed by atoms with van der Waals surface area (Å²) in [6.45, 7) is 1.85. The average Bonchev–Trinajstić information content (AvgIpc) is 2.89. The number of benzene rings is 2. The fraction of sp³-hybridized carbons (Fsp3) is 0.238. The second kappa shape index (κ2) is 8.76. The number of rotatable bonds is 4. The Balaban J connectivity index is 2.02. The first-order valence-corrected chi connectivity index (χ1v) is 11.1. The number of carbonyl (C=O) groups excluding carboxylic acids is 1. The zero-order chi connectivity index (χ0) is 22.1. The molecule has 3 aromatic rings. The summed E-state index contributed by atoms with van der Waals surface area (Å²) >= 11 is 7.46. The summed E-state index contributed by atoms with van der Waals surface area (Å²) in [5.41, 5.74) is 0.966. The van der Waals surface area contributed by atoms with E-state index in [4.69, 9.17) is 16.3 Å². The molecule has 31 heavy (non-hydrogen) atoms. The molecule has 0 aliphatic carbocycles. The Bertz CT molecular complexity index is 1160. The van der Waals surface area contributed by atoms with Crippen molar-refractivity contribution in [1.82, 2.24) is 15.2 Å². The van der Waals surface area contributed by atoms with Gasteiger partial charge in [0.25, 0.3) is 0 Å². The van der Waals surface area contributed by atoms with Gasteiger partial charge in [-0.3, -0.25) is 9.69 Å². The van der Waals surface area contributed by atoms with Crippen molar-refractivity contribution in [2.75, 3.05) is 11.2 Å². The van der Waals surface area contributed by atoms with Gasteiger partial charge in [0, 0.05) is 17.0 Å². The van der Waals surface area contributed by atoms with E-state index in [1.807, 2.05) is 6.92 Å². The molecule has 0 radical (unpaired) electrons. The van der Waals surface area contributed by atoms with Crippen molar-refractivity contribution in [2.24, 2.45) is 0 Å². The molecule has 0 N–H and O–H groups in total. The molecular formula is C21H17ClF2N4O2S. The molecule has 0 spiro atoms. The van der Waals surface area contributed by atoms with Gasteiger partial charge < -0.3 is 4.74 Å². The molecule has 0 fully saturated rings. The number of hydrogen-bond donors (Lipinski definition) is 0. The van der Waals surface area contributed by atoms with Gasteiger partial charge in [0.2, 0.25) is 23.2 Å². The summed E-state index contributed by atoms with van der Waals surface area (Å²) in [4.78, 5) is 18.8. The first-order chi connectivity index (χ1) is 14.9.